The van der Waals surface area contributed by atoms with Gasteiger partial charge in [-0.2, -0.15) is 0 Å². The zero-order valence-electron chi connectivity index (χ0n) is 7.48. The van der Waals surface area contributed by atoms with Gasteiger partial charge in [-0.05, 0) is 24.3 Å². The van der Waals surface area contributed by atoms with Crippen molar-refractivity contribution in [2.75, 3.05) is 13.6 Å². The van der Waals surface area contributed by atoms with Crippen LogP contribution >= 0.6 is 0 Å². The first-order valence-electron chi connectivity index (χ1n) is 4.02. The minimum atomic E-state index is 0.124. The lowest BCUT2D eigenvalue weighted by atomic mass is 10.1. The molecule has 1 fully saturated rings. The molecule has 0 radical (unpaired) electrons. The Balaban J connectivity index is 2.57. The van der Waals surface area contributed by atoms with Crippen LogP contribution in [0.4, 0.5) is 0 Å². The van der Waals surface area contributed by atoms with E-state index < -0.39 is 0 Å². The highest BCUT2D eigenvalue weighted by molar-refractivity contribution is 5.82. The van der Waals surface area contributed by atoms with E-state index in [4.69, 9.17) is 0 Å². The predicted octanol–water partition coefficient (Wildman–Crippen LogP) is 0.556. The van der Waals surface area contributed by atoms with Crippen LogP contribution in [0.3, 0.4) is 0 Å². The zero-order valence-corrected chi connectivity index (χ0v) is 7.48. The SMILES string of the molecule is CN/C=C(C)\C=C1/CNC(=O)C1. The molecule has 3 nitrogen and oxygen atoms in total. The number of nitrogens with one attached hydrogen (secondary N) is 2. The molecule has 0 aliphatic carbocycles. The van der Waals surface area contributed by atoms with Crippen LogP contribution in [0.15, 0.2) is 23.4 Å². The lowest BCUT2D eigenvalue weighted by molar-refractivity contribution is -0.118. The monoisotopic (exact) mass is 166 g/mol. The van der Waals surface area contributed by atoms with Gasteiger partial charge in [-0.1, -0.05) is 6.08 Å². The number of carbonyl (C=O) groups excluding carboxylic acids is 1. The van der Waals surface area contributed by atoms with E-state index >= 15 is 0 Å². The Morgan fingerprint density at radius 3 is 2.92 bits per heavy atom. The number of hydrogen-bond donors (Lipinski definition) is 2. The molecule has 0 aromatic rings. The highest BCUT2D eigenvalue weighted by atomic mass is 16.1. The Labute approximate surface area is 72.5 Å². The fraction of sp³-hybridized carbons (Fsp3) is 0.444. The minimum absolute atomic E-state index is 0.124. The molecule has 0 atom stereocenters. The summed E-state index contributed by atoms with van der Waals surface area (Å²) in [5, 5.41) is 5.70. The van der Waals surface area contributed by atoms with Crippen molar-refractivity contribution in [3.8, 4) is 0 Å². The molecule has 1 aliphatic heterocycles. The third-order valence-corrected chi connectivity index (χ3v) is 1.70. The van der Waals surface area contributed by atoms with E-state index in [1.54, 1.807) is 0 Å². The van der Waals surface area contributed by atoms with Crippen LogP contribution in [-0.2, 0) is 4.79 Å². The summed E-state index contributed by atoms with van der Waals surface area (Å²) in [5.74, 6) is 0.124. The molecule has 66 valence electrons. The van der Waals surface area contributed by atoms with Crippen molar-refractivity contribution in [1.82, 2.24) is 10.6 Å². The molecular weight excluding hydrogens is 152 g/mol. The lowest BCUT2D eigenvalue weighted by Crippen LogP contribution is -2.12. The topological polar surface area (TPSA) is 41.1 Å². The highest BCUT2D eigenvalue weighted by Gasteiger charge is 2.13. The smallest absolute Gasteiger partial charge is 0.224 e. The maximum Gasteiger partial charge on any atom is 0.224 e. The summed E-state index contributed by atoms with van der Waals surface area (Å²) in [6.45, 7) is 2.71. The van der Waals surface area contributed by atoms with E-state index in [-0.39, 0.29) is 5.91 Å². The fourth-order valence-electron chi connectivity index (χ4n) is 1.24. The van der Waals surface area contributed by atoms with Gasteiger partial charge in [0.2, 0.25) is 5.91 Å². The molecule has 0 aromatic carbocycles. The second-order valence-corrected chi connectivity index (χ2v) is 2.93. The van der Waals surface area contributed by atoms with E-state index in [2.05, 4.69) is 10.6 Å². The van der Waals surface area contributed by atoms with Gasteiger partial charge in [-0.15, -0.1) is 0 Å². The van der Waals surface area contributed by atoms with Gasteiger partial charge >= 0.3 is 0 Å². The van der Waals surface area contributed by atoms with Crippen molar-refractivity contribution < 1.29 is 4.79 Å². The summed E-state index contributed by atoms with van der Waals surface area (Å²) in [6, 6.07) is 0. The van der Waals surface area contributed by atoms with Crippen molar-refractivity contribution in [3.63, 3.8) is 0 Å². The Morgan fingerprint density at radius 1 is 1.67 bits per heavy atom. The standard InChI is InChI=1S/C9H14N2O/c1-7(5-10-2)3-8-4-9(12)11-6-8/h3,5,10H,4,6H2,1-2H3,(H,11,12)/b7-5-,8-3-. The van der Waals surface area contributed by atoms with E-state index in [1.807, 2.05) is 26.2 Å². The Hall–Kier alpha value is -1.25. The quantitative estimate of drug-likeness (QED) is 0.629. The van der Waals surface area contributed by atoms with Crippen LogP contribution in [0, 0.1) is 0 Å². The van der Waals surface area contributed by atoms with Crippen molar-refractivity contribution in [2.24, 2.45) is 0 Å². The average Bonchev–Trinajstić information content (AvgIpc) is 2.36. The van der Waals surface area contributed by atoms with Crippen molar-refractivity contribution >= 4 is 5.91 Å². The number of carbonyl (C=O) groups is 1. The maximum atomic E-state index is 10.8. The predicted molar refractivity (Wildman–Crippen MR) is 48.5 cm³/mol. The van der Waals surface area contributed by atoms with Crippen LogP contribution in [0.2, 0.25) is 0 Å². The first kappa shape index (κ1) is 8.84. The van der Waals surface area contributed by atoms with Crippen LogP contribution in [0.5, 0.6) is 0 Å². The van der Waals surface area contributed by atoms with Crippen molar-refractivity contribution in [3.05, 3.63) is 23.4 Å². The zero-order chi connectivity index (χ0) is 8.97. The normalized spacial score (nSPS) is 21.3. The van der Waals surface area contributed by atoms with Gasteiger partial charge in [-0.25, -0.2) is 0 Å². The van der Waals surface area contributed by atoms with Gasteiger partial charge in [-0.3, -0.25) is 4.79 Å². The number of hydrogen-bond acceptors (Lipinski definition) is 2. The maximum absolute atomic E-state index is 10.8. The molecule has 12 heavy (non-hydrogen) atoms. The number of allylic oxidation sites excluding steroid dienone is 2. The largest absolute Gasteiger partial charge is 0.394 e. The van der Waals surface area contributed by atoms with E-state index in [9.17, 15) is 4.79 Å². The molecule has 3 heteroatoms. The molecule has 0 bridgehead atoms. The molecule has 0 spiro atoms. The van der Waals surface area contributed by atoms with Crippen LogP contribution < -0.4 is 10.6 Å². The van der Waals surface area contributed by atoms with Gasteiger partial charge in [0.05, 0.1) is 0 Å². The summed E-state index contributed by atoms with van der Waals surface area (Å²) in [4.78, 5) is 10.8. The van der Waals surface area contributed by atoms with Gasteiger partial charge in [0, 0.05) is 20.0 Å². The Morgan fingerprint density at radius 2 is 2.42 bits per heavy atom. The third kappa shape index (κ3) is 2.42. The third-order valence-electron chi connectivity index (χ3n) is 1.70. The summed E-state index contributed by atoms with van der Waals surface area (Å²) < 4.78 is 0. The second-order valence-electron chi connectivity index (χ2n) is 2.93. The number of rotatable bonds is 2. The van der Waals surface area contributed by atoms with Gasteiger partial charge in [0.15, 0.2) is 0 Å². The highest BCUT2D eigenvalue weighted by Crippen LogP contribution is 2.09. The minimum Gasteiger partial charge on any atom is -0.394 e. The first-order chi connectivity index (χ1) is 5.72. The van der Waals surface area contributed by atoms with E-state index in [1.165, 1.54) is 0 Å². The summed E-state index contributed by atoms with van der Waals surface area (Å²) >= 11 is 0. The average molecular weight is 166 g/mol. The molecule has 0 unspecified atom stereocenters. The van der Waals surface area contributed by atoms with Crippen molar-refractivity contribution in [1.29, 1.82) is 0 Å². The van der Waals surface area contributed by atoms with Gasteiger partial charge < -0.3 is 10.6 Å². The van der Waals surface area contributed by atoms with Crippen LogP contribution in [0.25, 0.3) is 0 Å². The molecule has 0 saturated carbocycles. The lowest BCUT2D eigenvalue weighted by Gasteiger charge is -1.95. The summed E-state index contributed by atoms with van der Waals surface area (Å²) in [5.41, 5.74) is 2.30. The Kier molecular flexibility index (Phi) is 2.91. The van der Waals surface area contributed by atoms with Crippen LogP contribution in [0.1, 0.15) is 13.3 Å². The molecule has 1 aliphatic rings. The van der Waals surface area contributed by atoms with Gasteiger partial charge in [0.25, 0.3) is 0 Å². The van der Waals surface area contributed by atoms with Crippen molar-refractivity contribution in [2.45, 2.75) is 13.3 Å². The molecule has 1 rings (SSSR count). The Bertz CT molecular complexity index is 241. The molecule has 1 heterocycles. The molecule has 0 aromatic heterocycles. The van der Waals surface area contributed by atoms with Gasteiger partial charge in [0.1, 0.15) is 0 Å². The van der Waals surface area contributed by atoms with Crippen LogP contribution in [-0.4, -0.2) is 19.5 Å². The van der Waals surface area contributed by atoms with E-state index in [0.717, 1.165) is 11.1 Å². The van der Waals surface area contributed by atoms with E-state index in [0.29, 0.717) is 13.0 Å². The molecule has 2 N–H and O–H groups in total. The molecule has 1 amide bonds. The fourth-order valence-corrected chi connectivity index (χ4v) is 1.24. The second kappa shape index (κ2) is 3.95. The summed E-state index contributed by atoms with van der Waals surface area (Å²) in [6.07, 6.45) is 4.50. The number of amides is 1. The first-order valence-corrected chi connectivity index (χ1v) is 4.02. The summed E-state index contributed by atoms with van der Waals surface area (Å²) in [7, 11) is 1.86. The molecular formula is C9H14N2O. The molecule has 1 saturated heterocycles.